The summed E-state index contributed by atoms with van der Waals surface area (Å²) in [5, 5.41) is 13.9. The highest BCUT2D eigenvalue weighted by Crippen LogP contribution is 2.29. The summed E-state index contributed by atoms with van der Waals surface area (Å²) in [5.41, 5.74) is 4.38. The number of rotatable bonds is 13. The lowest BCUT2D eigenvalue weighted by Crippen LogP contribution is -2.55. The van der Waals surface area contributed by atoms with Crippen molar-refractivity contribution >= 4 is 29.0 Å². The van der Waals surface area contributed by atoms with Crippen molar-refractivity contribution in [2.24, 2.45) is 5.92 Å². The van der Waals surface area contributed by atoms with Gasteiger partial charge in [-0.05, 0) is 53.4 Å². The van der Waals surface area contributed by atoms with E-state index in [1.54, 1.807) is 31.9 Å². The third kappa shape index (κ3) is 8.24. The Bertz CT molecular complexity index is 1920. The lowest BCUT2D eigenvalue weighted by atomic mass is 9.90. The molecule has 1 aliphatic rings. The fourth-order valence-corrected chi connectivity index (χ4v) is 6.14. The maximum Gasteiger partial charge on any atom is 0.407 e. The van der Waals surface area contributed by atoms with Crippen LogP contribution in [0.4, 0.5) is 16.3 Å². The lowest BCUT2D eigenvalue weighted by Gasteiger charge is -2.37. The fourth-order valence-electron chi connectivity index (χ4n) is 6.14. The number of likely N-dealkylation sites (tertiary alicyclic amines) is 1. The Morgan fingerprint density at radius 1 is 0.900 bits per heavy atom. The van der Waals surface area contributed by atoms with Gasteiger partial charge < -0.3 is 34.9 Å². The van der Waals surface area contributed by atoms with Gasteiger partial charge in [0.15, 0.2) is 17.3 Å². The van der Waals surface area contributed by atoms with Gasteiger partial charge in [-0.15, -0.1) is 0 Å². The van der Waals surface area contributed by atoms with Crippen molar-refractivity contribution in [3.63, 3.8) is 0 Å². The SMILES string of the molecule is COc1cccc(Nc2ncnn3ccc(CN4CCC(NC(=O)OCc5ccccc5)C(C(=O)NCc5ccc(OC)c(OC)c5)C4)c23)c1. The number of piperidine rings is 1. The summed E-state index contributed by atoms with van der Waals surface area (Å²) < 4.78 is 23.5. The number of nitrogens with one attached hydrogen (secondary N) is 3. The molecule has 6 rings (SSSR count). The molecule has 3 aromatic carbocycles. The van der Waals surface area contributed by atoms with Crippen LogP contribution in [-0.4, -0.2) is 72.0 Å². The molecule has 0 aliphatic carbocycles. The number of alkyl carbamates (subject to hydrolysis) is 1. The van der Waals surface area contributed by atoms with E-state index in [9.17, 15) is 9.59 Å². The summed E-state index contributed by atoms with van der Waals surface area (Å²) in [5.74, 6) is 1.83. The molecule has 3 heterocycles. The van der Waals surface area contributed by atoms with E-state index in [1.165, 1.54) is 6.33 Å². The fraction of sp³-hybridized carbons (Fsp3) is 0.297. The number of anilines is 2. The molecule has 2 unspecified atom stereocenters. The summed E-state index contributed by atoms with van der Waals surface area (Å²) in [6, 6.07) is 24.2. The Morgan fingerprint density at radius 2 is 1.74 bits per heavy atom. The summed E-state index contributed by atoms with van der Waals surface area (Å²) in [6.07, 6.45) is 3.39. The molecule has 1 fully saturated rings. The lowest BCUT2D eigenvalue weighted by molar-refractivity contribution is -0.127. The predicted octanol–water partition coefficient (Wildman–Crippen LogP) is 4.93. The van der Waals surface area contributed by atoms with Gasteiger partial charge in [-0.2, -0.15) is 5.10 Å². The average Bonchev–Trinajstić information content (AvgIpc) is 3.57. The van der Waals surface area contributed by atoms with Crippen molar-refractivity contribution in [2.45, 2.75) is 32.2 Å². The van der Waals surface area contributed by atoms with Gasteiger partial charge in [0.25, 0.3) is 0 Å². The van der Waals surface area contributed by atoms with Crippen LogP contribution >= 0.6 is 0 Å². The average molecular weight is 680 g/mol. The van der Waals surface area contributed by atoms with E-state index < -0.39 is 18.1 Å². The molecule has 0 saturated carbocycles. The van der Waals surface area contributed by atoms with Gasteiger partial charge in [0.1, 0.15) is 24.2 Å². The third-order valence-corrected chi connectivity index (χ3v) is 8.73. The van der Waals surface area contributed by atoms with Gasteiger partial charge in [-0.3, -0.25) is 9.69 Å². The normalized spacial score (nSPS) is 16.0. The molecule has 0 radical (unpaired) electrons. The highest BCUT2D eigenvalue weighted by molar-refractivity contribution is 5.81. The second kappa shape index (κ2) is 16.1. The van der Waals surface area contributed by atoms with Crippen LogP contribution in [0.5, 0.6) is 17.2 Å². The Labute approximate surface area is 290 Å². The molecular formula is C37H41N7O6. The quantitative estimate of drug-likeness (QED) is 0.157. The van der Waals surface area contributed by atoms with Crippen LogP contribution in [-0.2, 0) is 29.2 Å². The number of ether oxygens (including phenoxy) is 4. The smallest absolute Gasteiger partial charge is 0.407 e. The van der Waals surface area contributed by atoms with Gasteiger partial charge >= 0.3 is 6.09 Å². The zero-order valence-corrected chi connectivity index (χ0v) is 28.3. The number of benzene rings is 3. The Hall–Kier alpha value is -5.82. The molecule has 2 atom stereocenters. The van der Waals surface area contributed by atoms with Gasteiger partial charge in [-0.25, -0.2) is 14.3 Å². The highest BCUT2D eigenvalue weighted by atomic mass is 16.5. The highest BCUT2D eigenvalue weighted by Gasteiger charge is 2.36. The monoisotopic (exact) mass is 679 g/mol. The zero-order chi connectivity index (χ0) is 34.9. The molecular weight excluding hydrogens is 638 g/mol. The van der Waals surface area contributed by atoms with Crippen molar-refractivity contribution in [1.29, 1.82) is 0 Å². The number of carbonyl (C=O) groups is 2. The van der Waals surface area contributed by atoms with Gasteiger partial charge in [0.05, 0.1) is 27.2 Å². The van der Waals surface area contributed by atoms with Crippen LogP contribution < -0.4 is 30.2 Å². The van der Waals surface area contributed by atoms with Crippen LogP contribution in [0.3, 0.4) is 0 Å². The topological polar surface area (TPSA) is 141 Å². The van der Waals surface area contributed by atoms with Crippen molar-refractivity contribution in [3.8, 4) is 17.2 Å². The predicted molar refractivity (Wildman–Crippen MR) is 188 cm³/mol. The number of aromatic nitrogens is 3. The van der Waals surface area contributed by atoms with Gasteiger partial charge in [0.2, 0.25) is 5.91 Å². The second-order valence-corrected chi connectivity index (χ2v) is 11.9. The first kappa shape index (κ1) is 34.1. The number of fused-ring (bicyclic) bond motifs is 1. The van der Waals surface area contributed by atoms with Crippen LogP contribution in [0.1, 0.15) is 23.1 Å². The van der Waals surface area contributed by atoms with E-state index in [2.05, 4.69) is 30.9 Å². The van der Waals surface area contributed by atoms with Crippen LogP contribution in [0.15, 0.2) is 91.4 Å². The molecule has 2 amide bonds. The largest absolute Gasteiger partial charge is 0.497 e. The molecule has 5 aromatic rings. The standard InChI is InChI=1S/C37H41N7O6/c1-47-29-11-7-10-28(19-29)41-35-34-27(14-17-44(34)40-24-39-35)21-43-16-15-31(42-37(46)50-23-25-8-5-4-6-9-25)30(22-43)36(45)38-20-26-12-13-32(48-2)33(18-26)49-3/h4-14,17-19,24,30-31H,15-16,20-23H2,1-3H3,(H,38,45)(H,42,46)(H,39,40,41). The number of amides is 2. The third-order valence-electron chi connectivity index (χ3n) is 8.73. The van der Waals surface area contributed by atoms with Crippen molar-refractivity contribution in [1.82, 2.24) is 30.1 Å². The molecule has 2 aromatic heterocycles. The van der Waals surface area contributed by atoms with E-state index in [4.69, 9.17) is 18.9 Å². The van der Waals surface area contributed by atoms with Gasteiger partial charge in [0, 0.05) is 50.2 Å². The minimum Gasteiger partial charge on any atom is -0.497 e. The Kier molecular flexibility index (Phi) is 10.9. The maximum absolute atomic E-state index is 13.9. The van der Waals surface area contributed by atoms with Crippen LogP contribution in [0.2, 0.25) is 0 Å². The molecule has 13 heteroatoms. The first-order chi connectivity index (χ1) is 24.4. The Morgan fingerprint density at radius 3 is 2.54 bits per heavy atom. The number of methoxy groups -OCH3 is 3. The zero-order valence-electron chi connectivity index (χ0n) is 28.3. The first-order valence-electron chi connectivity index (χ1n) is 16.3. The molecule has 13 nitrogen and oxygen atoms in total. The molecule has 1 aliphatic heterocycles. The number of nitrogens with zero attached hydrogens (tertiary/aromatic N) is 4. The number of hydrogen-bond donors (Lipinski definition) is 3. The minimum absolute atomic E-state index is 0.137. The van der Waals surface area contributed by atoms with Gasteiger partial charge in [-0.1, -0.05) is 42.5 Å². The second-order valence-electron chi connectivity index (χ2n) is 11.9. The molecule has 50 heavy (non-hydrogen) atoms. The number of carbonyl (C=O) groups excluding carboxylic acids is 2. The van der Waals surface area contributed by atoms with E-state index in [0.29, 0.717) is 43.4 Å². The van der Waals surface area contributed by atoms with E-state index >= 15 is 0 Å². The summed E-state index contributed by atoms with van der Waals surface area (Å²) in [6.45, 7) is 2.01. The minimum atomic E-state index is -0.561. The van der Waals surface area contributed by atoms with Crippen LogP contribution in [0.25, 0.3) is 5.52 Å². The van der Waals surface area contributed by atoms with E-state index in [-0.39, 0.29) is 19.1 Å². The van der Waals surface area contributed by atoms with Crippen LogP contribution in [0, 0.1) is 5.92 Å². The number of hydrogen-bond acceptors (Lipinski definition) is 10. The summed E-state index contributed by atoms with van der Waals surface area (Å²) in [7, 11) is 4.78. The molecule has 0 bridgehead atoms. The van der Waals surface area contributed by atoms with E-state index in [0.717, 1.165) is 33.6 Å². The summed E-state index contributed by atoms with van der Waals surface area (Å²) >= 11 is 0. The van der Waals surface area contributed by atoms with Crippen molar-refractivity contribution in [3.05, 3.63) is 108 Å². The summed E-state index contributed by atoms with van der Waals surface area (Å²) in [4.78, 5) is 33.6. The van der Waals surface area contributed by atoms with Crippen molar-refractivity contribution < 1.29 is 28.5 Å². The molecule has 0 spiro atoms. The maximum atomic E-state index is 13.9. The van der Waals surface area contributed by atoms with Crippen molar-refractivity contribution in [2.75, 3.05) is 39.7 Å². The molecule has 260 valence electrons. The molecule has 1 saturated heterocycles. The Balaban J connectivity index is 1.18. The van der Waals surface area contributed by atoms with E-state index in [1.807, 2.05) is 79.0 Å². The first-order valence-corrected chi connectivity index (χ1v) is 16.3. The molecule has 3 N–H and O–H groups in total.